The smallest absolute Gasteiger partial charge is 0.342 e. The van der Waals surface area contributed by atoms with Gasteiger partial charge in [0.2, 0.25) is 5.91 Å². The average molecular weight is 411 g/mol. The number of carbonyl (C=O) groups excluding carboxylic acids is 2. The summed E-state index contributed by atoms with van der Waals surface area (Å²) in [6.45, 7) is 0.0971. The lowest BCUT2D eigenvalue weighted by Crippen LogP contribution is -2.53. The van der Waals surface area contributed by atoms with E-state index in [1.165, 1.54) is 0 Å². The van der Waals surface area contributed by atoms with Crippen molar-refractivity contribution in [2.75, 3.05) is 0 Å². The monoisotopic (exact) mass is 411 g/mol. The minimum absolute atomic E-state index is 0.0971. The van der Waals surface area contributed by atoms with E-state index in [-0.39, 0.29) is 11.6 Å². The van der Waals surface area contributed by atoms with Crippen molar-refractivity contribution in [1.82, 2.24) is 15.7 Å². The SMILES string of the molecule is O=C(O)CC[C@@H](NC(=O)N(O)[C@@H](CC(=O)NCc1ccccc1)C(=O)O)C(=O)O. The van der Waals surface area contributed by atoms with Crippen LogP contribution < -0.4 is 10.6 Å². The molecular weight excluding hydrogens is 390 g/mol. The van der Waals surface area contributed by atoms with E-state index < -0.39 is 61.2 Å². The van der Waals surface area contributed by atoms with Gasteiger partial charge in [0.1, 0.15) is 6.04 Å². The van der Waals surface area contributed by atoms with Crippen LogP contribution in [0.5, 0.6) is 0 Å². The molecule has 3 amide bonds. The lowest BCUT2D eigenvalue weighted by atomic mass is 10.1. The molecule has 1 aromatic rings. The van der Waals surface area contributed by atoms with Crippen LogP contribution in [0.2, 0.25) is 0 Å². The highest BCUT2D eigenvalue weighted by Crippen LogP contribution is 2.06. The van der Waals surface area contributed by atoms with Crippen molar-refractivity contribution in [2.24, 2.45) is 0 Å². The fourth-order valence-corrected chi connectivity index (χ4v) is 2.20. The third-order valence-electron chi connectivity index (χ3n) is 3.74. The molecule has 0 fully saturated rings. The van der Waals surface area contributed by atoms with E-state index in [0.717, 1.165) is 5.56 Å². The summed E-state index contributed by atoms with van der Waals surface area (Å²) in [5.41, 5.74) is 0.744. The molecule has 0 aromatic heterocycles. The van der Waals surface area contributed by atoms with Gasteiger partial charge in [-0.15, -0.1) is 0 Å². The van der Waals surface area contributed by atoms with E-state index in [2.05, 4.69) is 5.32 Å². The molecular formula is C17H21N3O9. The second-order valence-electron chi connectivity index (χ2n) is 5.94. The van der Waals surface area contributed by atoms with Crippen molar-refractivity contribution in [1.29, 1.82) is 0 Å². The van der Waals surface area contributed by atoms with Gasteiger partial charge >= 0.3 is 23.9 Å². The second-order valence-corrected chi connectivity index (χ2v) is 5.94. The summed E-state index contributed by atoms with van der Waals surface area (Å²) in [4.78, 5) is 56.9. The Morgan fingerprint density at radius 3 is 2.10 bits per heavy atom. The highest BCUT2D eigenvalue weighted by atomic mass is 16.5. The first-order valence-corrected chi connectivity index (χ1v) is 8.38. The highest BCUT2D eigenvalue weighted by Gasteiger charge is 2.33. The number of urea groups is 1. The van der Waals surface area contributed by atoms with Crippen LogP contribution in [-0.4, -0.2) is 67.5 Å². The average Bonchev–Trinajstić information content (AvgIpc) is 2.67. The fourth-order valence-electron chi connectivity index (χ4n) is 2.20. The van der Waals surface area contributed by atoms with E-state index in [1.807, 2.05) is 5.32 Å². The molecule has 0 aliphatic heterocycles. The van der Waals surface area contributed by atoms with Gasteiger partial charge in [0.05, 0.1) is 6.42 Å². The van der Waals surface area contributed by atoms with Crippen LogP contribution in [0.25, 0.3) is 0 Å². The highest BCUT2D eigenvalue weighted by molar-refractivity contribution is 5.89. The van der Waals surface area contributed by atoms with Crippen LogP contribution in [0.3, 0.4) is 0 Å². The first-order chi connectivity index (χ1) is 13.6. The molecule has 1 aromatic carbocycles. The normalized spacial score (nSPS) is 12.3. The van der Waals surface area contributed by atoms with Crippen LogP contribution in [-0.2, 0) is 25.7 Å². The van der Waals surface area contributed by atoms with Gasteiger partial charge in [-0.05, 0) is 12.0 Å². The first-order valence-electron chi connectivity index (χ1n) is 8.38. The zero-order chi connectivity index (χ0) is 22.0. The molecule has 0 unspecified atom stereocenters. The van der Waals surface area contributed by atoms with Crippen LogP contribution >= 0.6 is 0 Å². The van der Waals surface area contributed by atoms with Gasteiger partial charge in [-0.25, -0.2) is 14.4 Å². The van der Waals surface area contributed by atoms with Gasteiger partial charge in [-0.3, -0.25) is 14.8 Å². The van der Waals surface area contributed by atoms with Gasteiger partial charge in [0.15, 0.2) is 6.04 Å². The fraction of sp³-hybridized carbons (Fsp3) is 0.353. The van der Waals surface area contributed by atoms with Crippen molar-refractivity contribution in [3.05, 3.63) is 35.9 Å². The van der Waals surface area contributed by atoms with Crippen LogP contribution in [0.4, 0.5) is 4.79 Å². The van der Waals surface area contributed by atoms with Gasteiger partial charge in [-0.2, -0.15) is 5.06 Å². The summed E-state index contributed by atoms with van der Waals surface area (Å²) >= 11 is 0. The molecule has 29 heavy (non-hydrogen) atoms. The standard InChI is InChI=1S/C17H21N3O9/c21-13(18-9-10-4-2-1-3-5-10)8-12(16(26)27)20(29)17(28)19-11(15(24)25)6-7-14(22)23/h1-5,11-12,29H,6-9H2,(H,18,21)(H,19,28)(H,22,23)(H,24,25)(H,26,27)/t11-,12+/m1/s1. The number of hydroxylamine groups is 2. The summed E-state index contributed by atoms with van der Waals surface area (Å²) in [6.07, 6.45) is -1.86. The van der Waals surface area contributed by atoms with Gasteiger partial charge in [-0.1, -0.05) is 30.3 Å². The number of amides is 3. The minimum Gasteiger partial charge on any atom is -0.481 e. The molecule has 0 radical (unpaired) electrons. The molecule has 0 saturated carbocycles. The molecule has 12 heteroatoms. The van der Waals surface area contributed by atoms with Crippen molar-refractivity contribution in [3.8, 4) is 0 Å². The number of carboxylic acid groups (broad SMARTS) is 3. The lowest BCUT2D eigenvalue weighted by Gasteiger charge is -2.24. The van der Waals surface area contributed by atoms with Crippen LogP contribution in [0.15, 0.2) is 30.3 Å². The number of nitrogens with zero attached hydrogens (tertiary/aromatic N) is 1. The number of carbonyl (C=O) groups is 5. The number of hydrogen-bond donors (Lipinski definition) is 6. The summed E-state index contributed by atoms with van der Waals surface area (Å²) in [5.74, 6) is -5.34. The number of hydrogen-bond acceptors (Lipinski definition) is 6. The molecule has 0 bridgehead atoms. The first kappa shape index (κ1) is 23.4. The van der Waals surface area contributed by atoms with Crippen LogP contribution in [0, 0.1) is 0 Å². The molecule has 12 nitrogen and oxygen atoms in total. The number of nitrogens with one attached hydrogen (secondary N) is 2. The zero-order valence-electron chi connectivity index (χ0n) is 15.1. The Bertz CT molecular complexity index is 754. The third-order valence-corrected chi connectivity index (χ3v) is 3.74. The summed E-state index contributed by atoms with van der Waals surface area (Å²) in [5, 5.41) is 40.6. The van der Waals surface area contributed by atoms with Gasteiger partial charge in [0.25, 0.3) is 0 Å². The molecule has 0 aliphatic rings. The predicted octanol–water partition coefficient (Wildman–Crippen LogP) is -0.135. The Labute approximate surface area is 164 Å². The Hall–Kier alpha value is -3.67. The maximum Gasteiger partial charge on any atom is 0.342 e. The Balaban J connectivity index is 2.69. The van der Waals surface area contributed by atoms with Crippen LogP contribution in [0.1, 0.15) is 24.8 Å². The van der Waals surface area contributed by atoms with Crippen molar-refractivity contribution < 1.29 is 44.5 Å². The van der Waals surface area contributed by atoms with E-state index in [1.54, 1.807) is 30.3 Å². The summed E-state index contributed by atoms with van der Waals surface area (Å²) in [6, 6.07) is 3.55. The van der Waals surface area contributed by atoms with E-state index in [4.69, 9.17) is 10.2 Å². The minimum atomic E-state index is -1.99. The summed E-state index contributed by atoms with van der Waals surface area (Å²) < 4.78 is 0. The molecule has 6 N–H and O–H groups in total. The molecule has 2 atom stereocenters. The molecule has 1 rings (SSSR count). The molecule has 0 heterocycles. The molecule has 158 valence electrons. The zero-order valence-corrected chi connectivity index (χ0v) is 15.1. The predicted molar refractivity (Wildman–Crippen MR) is 94.8 cm³/mol. The topological polar surface area (TPSA) is 194 Å². The maximum atomic E-state index is 12.0. The molecule has 0 spiro atoms. The lowest BCUT2D eigenvalue weighted by molar-refractivity contribution is -0.159. The third kappa shape index (κ3) is 8.26. The maximum absolute atomic E-state index is 12.0. The van der Waals surface area contributed by atoms with E-state index in [0.29, 0.717) is 0 Å². The number of aliphatic carboxylic acids is 3. The van der Waals surface area contributed by atoms with Gasteiger partial charge in [0, 0.05) is 13.0 Å². The Kier molecular flexibility index (Phi) is 9.05. The van der Waals surface area contributed by atoms with Crippen molar-refractivity contribution in [2.45, 2.75) is 37.9 Å². The van der Waals surface area contributed by atoms with E-state index in [9.17, 15) is 34.3 Å². The Morgan fingerprint density at radius 1 is 0.966 bits per heavy atom. The van der Waals surface area contributed by atoms with Crippen molar-refractivity contribution >= 4 is 29.8 Å². The quantitative estimate of drug-likeness (QED) is 0.212. The Morgan fingerprint density at radius 2 is 1.59 bits per heavy atom. The molecule has 0 saturated heterocycles. The summed E-state index contributed by atoms with van der Waals surface area (Å²) in [7, 11) is 0. The van der Waals surface area contributed by atoms with Gasteiger partial charge < -0.3 is 26.0 Å². The molecule has 0 aliphatic carbocycles. The second kappa shape index (κ2) is 11.2. The van der Waals surface area contributed by atoms with E-state index >= 15 is 0 Å². The largest absolute Gasteiger partial charge is 0.481 e. The number of carboxylic acids is 3. The number of benzene rings is 1. The number of rotatable bonds is 11. The van der Waals surface area contributed by atoms with Crippen molar-refractivity contribution in [3.63, 3.8) is 0 Å².